The predicted molar refractivity (Wildman–Crippen MR) is 69.3 cm³/mol. The minimum Gasteiger partial charge on any atom is -0.338 e. The van der Waals surface area contributed by atoms with Gasteiger partial charge in [0.1, 0.15) is 17.5 Å². The first kappa shape index (κ1) is 12.4. The number of aromatic nitrogens is 1. The van der Waals surface area contributed by atoms with Crippen molar-refractivity contribution in [3.05, 3.63) is 51.0 Å². The topological polar surface area (TPSA) is 24.9 Å². The Hall–Kier alpha value is -1.01. The zero-order chi connectivity index (χ0) is 12.4. The van der Waals surface area contributed by atoms with Gasteiger partial charge < -0.3 is 5.32 Å². The third-order valence-electron chi connectivity index (χ3n) is 2.00. The molecule has 0 saturated heterocycles. The molecule has 1 N–H and O–H groups in total. The van der Waals surface area contributed by atoms with E-state index in [-0.39, 0.29) is 10.2 Å². The Kier molecular flexibility index (Phi) is 3.73. The Morgan fingerprint density at radius 1 is 1.06 bits per heavy atom. The van der Waals surface area contributed by atoms with E-state index in [2.05, 4.69) is 42.2 Å². The molecule has 0 atom stereocenters. The molecule has 88 valence electrons. The summed E-state index contributed by atoms with van der Waals surface area (Å²) in [5.74, 6) is -0.835. The third-order valence-corrected chi connectivity index (χ3v) is 3.08. The van der Waals surface area contributed by atoms with E-state index in [4.69, 9.17) is 0 Å². The van der Waals surface area contributed by atoms with Crippen LogP contribution in [0.5, 0.6) is 0 Å². The standard InChI is InChI=1S/C11H6Br2F2N2/c12-6-1-2-11(16-5-6)17-10-3-7(13)8(14)4-9(10)15/h1-5H,(H,16,17). The normalized spacial score (nSPS) is 10.4. The van der Waals surface area contributed by atoms with E-state index < -0.39 is 11.6 Å². The van der Waals surface area contributed by atoms with Gasteiger partial charge in [-0.15, -0.1) is 0 Å². The molecule has 1 aromatic carbocycles. The van der Waals surface area contributed by atoms with Gasteiger partial charge in [0.05, 0.1) is 10.2 Å². The van der Waals surface area contributed by atoms with Gasteiger partial charge in [0, 0.05) is 16.7 Å². The van der Waals surface area contributed by atoms with Gasteiger partial charge in [-0.05, 0) is 50.1 Å². The Bertz CT molecular complexity index is 544. The van der Waals surface area contributed by atoms with Crippen molar-refractivity contribution in [3.8, 4) is 0 Å². The lowest BCUT2D eigenvalue weighted by molar-refractivity contribution is 0.581. The zero-order valence-electron chi connectivity index (χ0n) is 8.35. The van der Waals surface area contributed by atoms with E-state index in [1.54, 1.807) is 18.3 Å². The lowest BCUT2D eigenvalue weighted by Gasteiger charge is -2.07. The molecule has 1 heterocycles. The smallest absolute Gasteiger partial charge is 0.149 e. The molecule has 6 heteroatoms. The number of benzene rings is 1. The third kappa shape index (κ3) is 3.01. The Balaban J connectivity index is 2.30. The molecule has 1 aromatic heterocycles. The first-order chi connectivity index (χ1) is 8.06. The van der Waals surface area contributed by atoms with E-state index in [9.17, 15) is 8.78 Å². The highest BCUT2D eigenvalue weighted by Crippen LogP contribution is 2.26. The molecule has 0 bridgehead atoms. The number of nitrogens with zero attached hydrogens (tertiary/aromatic N) is 1. The van der Waals surface area contributed by atoms with Crippen molar-refractivity contribution < 1.29 is 8.78 Å². The average Bonchev–Trinajstić information content (AvgIpc) is 2.29. The van der Waals surface area contributed by atoms with Crippen LogP contribution < -0.4 is 5.32 Å². The van der Waals surface area contributed by atoms with Crippen molar-refractivity contribution in [1.82, 2.24) is 4.98 Å². The molecule has 0 amide bonds. The summed E-state index contributed by atoms with van der Waals surface area (Å²) in [7, 11) is 0. The molecule has 0 radical (unpaired) electrons. The summed E-state index contributed by atoms with van der Waals surface area (Å²) in [6.45, 7) is 0. The van der Waals surface area contributed by atoms with E-state index in [0.29, 0.717) is 5.82 Å². The van der Waals surface area contributed by atoms with Crippen LogP contribution in [-0.4, -0.2) is 4.98 Å². The molecular weight excluding hydrogens is 358 g/mol. The van der Waals surface area contributed by atoms with Gasteiger partial charge >= 0.3 is 0 Å². The van der Waals surface area contributed by atoms with Crippen LogP contribution >= 0.6 is 31.9 Å². The quantitative estimate of drug-likeness (QED) is 0.787. The van der Waals surface area contributed by atoms with Crippen molar-refractivity contribution in [2.45, 2.75) is 0 Å². The van der Waals surface area contributed by atoms with Crippen LogP contribution in [0.3, 0.4) is 0 Å². The molecule has 2 nitrogen and oxygen atoms in total. The second kappa shape index (κ2) is 5.10. The molecular formula is C11H6Br2F2N2. The van der Waals surface area contributed by atoms with Crippen molar-refractivity contribution >= 4 is 43.4 Å². The van der Waals surface area contributed by atoms with Gasteiger partial charge in [-0.2, -0.15) is 0 Å². The summed E-state index contributed by atoms with van der Waals surface area (Å²) >= 11 is 6.24. The lowest BCUT2D eigenvalue weighted by atomic mass is 10.3. The first-order valence-corrected chi connectivity index (χ1v) is 6.18. The summed E-state index contributed by atoms with van der Waals surface area (Å²) in [6, 6.07) is 5.59. The second-order valence-corrected chi connectivity index (χ2v) is 5.00. The fourth-order valence-electron chi connectivity index (χ4n) is 1.21. The SMILES string of the molecule is Fc1cc(F)c(Nc2ccc(Br)cn2)cc1Br. The van der Waals surface area contributed by atoms with E-state index in [1.807, 2.05) is 0 Å². The monoisotopic (exact) mass is 362 g/mol. The maximum absolute atomic E-state index is 13.4. The lowest BCUT2D eigenvalue weighted by Crippen LogP contribution is -1.97. The van der Waals surface area contributed by atoms with Gasteiger partial charge in [0.15, 0.2) is 0 Å². The number of pyridine rings is 1. The zero-order valence-corrected chi connectivity index (χ0v) is 11.5. The Labute approximate surface area is 113 Å². The fraction of sp³-hybridized carbons (Fsp3) is 0. The van der Waals surface area contributed by atoms with Crippen LogP contribution in [-0.2, 0) is 0 Å². The summed E-state index contributed by atoms with van der Waals surface area (Å²) in [5, 5.41) is 2.76. The minimum atomic E-state index is -0.671. The molecule has 0 aliphatic carbocycles. The number of halogens is 4. The van der Waals surface area contributed by atoms with E-state index in [0.717, 1.165) is 10.5 Å². The van der Waals surface area contributed by atoms with Gasteiger partial charge in [0.2, 0.25) is 0 Å². The van der Waals surface area contributed by atoms with Crippen molar-refractivity contribution in [1.29, 1.82) is 0 Å². The van der Waals surface area contributed by atoms with Gasteiger partial charge in [-0.25, -0.2) is 13.8 Å². The van der Waals surface area contributed by atoms with Crippen molar-refractivity contribution in [2.75, 3.05) is 5.32 Å². The number of hydrogen-bond acceptors (Lipinski definition) is 2. The van der Waals surface area contributed by atoms with Crippen LogP contribution in [0, 0.1) is 11.6 Å². The fourth-order valence-corrected chi connectivity index (χ4v) is 1.78. The molecule has 2 rings (SSSR count). The highest BCUT2D eigenvalue weighted by Gasteiger charge is 2.08. The Morgan fingerprint density at radius 2 is 1.82 bits per heavy atom. The number of rotatable bonds is 2. The van der Waals surface area contributed by atoms with Gasteiger partial charge in [0.25, 0.3) is 0 Å². The molecule has 0 unspecified atom stereocenters. The molecule has 2 aromatic rings. The molecule has 0 aliphatic rings. The van der Waals surface area contributed by atoms with E-state index in [1.165, 1.54) is 6.07 Å². The number of hydrogen-bond donors (Lipinski definition) is 1. The second-order valence-electron chi connectivity index (χ2n) is 3.23. The van der Waals surface area contributed by atoms with Crippen LogP contribution in [0.1, 0.15) is 0 Å². The average molecular weight is 364 g/mol. The number of nitrogens with one attached hydrogen (secondary N) is 1. The summed E-state index contributed by atoms with van der Waals surface area (Å²) in [4.78, 5) is 4.03. The van der Waals surface area contributed by atoms with E-state index >= 15 is 0 Å². The molecule has 0 spiro atoms. The molecule has 0 saturated carbocycles. The maximum atomic E-state index is 13.4. The van der Waals surface area contributed by atoms with Crippen LogP contribution in [0.4, 0.5) is 20.3 Å². The largest absolute Gasteiger partial charge is 0.338 e. The van der Waals surface area contributed by atoms with Crippen LogP contribution in [0.25, 0.3) is 0 Å². The van der Waals surface area contributed by atoms with Crippen LogP contribution in [0.2, 0.25) is 0 Å². The summed E-state index contributed by atoms with van der Waals surface area (Å²) < 4.78 is 27.5. The molecule has 0 aliphatic heterocycles. The Morgan fingerprint density at radius 3 is 2.47 bits per heavy atom. The van der Waals surface area contributed by atoms with Crippen molar-refractivity contribution in [2.24, 2.45) is 0 Å². The maximum Gasteiger partial charge on any atom is 0.149 e. The van der Waals surface area contributed by atoms with Gasteiger partial charge in [-0.1, -0.05) is 0 Å². The first-order valence-electron chi connectivity index (χ1n) is 4.59. The molecule has 0 fully saturated rings. The predicted octanol–water partition coefficient (Wildman–Crippen LogP) is 4.63. The molecule has 17 heavy (non-hydrogen) atoms. The van der Waals surface area contributed by atoms with Crippen LogP contribution in [0.15, 0.2) is 39.4 Å². The summed E-state index contributed by atoms with van der Waals surface area (Å²) in [6.07, 6.45) is 1.58. The highest BCUT2D eigenvalue weighted by molar-refractivity contribution is 9.10. The minimum absolute atomic E-state index is 0.160. The van der Waals surface area contributed by atoms with Gasteiger partial charge in [-0.3, -0.25) is 0 Å². The number of anilines is 2. The highest BCUT2D eigenvalue weighted by atomic mass is 79.9. The van der Waals surface area contributed by atoms with Crippen molar-refractivity contribution in [3.63, 3.8) is 0 Å². The summed E-state index contributed by atoms with van der Waals surface area (Å²) in [5.41, 5.74) is 0.160.